The third-order valence-corrected chi connectivity index (χ3v) is 3.78. The van der Waals surface area contributed by atoms with Crippen LogP contribution < -0.4 is 5.32 Å². The normalized spacial score (nSPS) is 27.3. The minimum absolute atomic E-state index is 0. The number of hydrogen-bond donors (Lipinski definition) is 1. The Hall–Kier alpha value is -0.320. The average Bonchev–Trinajstić information content (AvgIpc) is 2.96. The molecule has 18 heavy (non-hydrogen) atoms. The Bertz CT molecular complexity index is 257. The molecule has 2 fully saturated rings. The Morgan fingerprint density at radius 2 is 2.28 bits per heavy atom. The fraction of sp³-hybridized carbons (Fsp3) is 0.923. The Balaban J connectivity index is 0.00000162. The van der Waals surface area contributed by atoms with E-state index in [4.69, 9.17) is 4.74 Å². The van der Waals surface area contributed by atoms with Crippen molar-refractivity contribution < 1.29 is 9.53 Å². The van der Waals surface area contributed by atoms with Crippen LogP contribution in [-0.4, -0.2) is 49.7 Å². The zero-order chi connectivity index (χ0) is 12.1. The predicted molar refractivity (Wildman–Crippen MR) is 74.1 cm³/mol. The van der Waals surface area contributed by atoms with E-state index in [1.165, 1.54) is 6.42 Å². The number of halogens is 1. The zero-order valence-corrected chi connectivity index (χ0v) is 12.0. The van der Waals surface area contributed by atoms with Crippen LogP contribution in [-0.2, 0) is 9.53 Å². The fourth-order valence-corrected chi connectivity index (χ4v) is 2.75. The number of amides is 1. The van der Waals surface area contributed by atoms with Crippen molar-refractivity contribution in [1.29, 1.82) is 0 Å². The molecule has 2 rings (SSSR count). The van der Waals surface area contributed by atoms with Gasteiger partial charge < -0.3 is 15.0 Å². The van der Waals surface area contributed by atoms with Gasteiger partial charge in [0.25, 0.3) is 0 Å². The van der Waals surface area contributed by atoms with Gasteiger partial charge >= 0.3 is 0 Å². The van der Waals surface area contributed by atoms with Crippen molar-refractivity contribution in [3.63, 3.8) is 0 Å². The molecule has 0 bridgehead atoms. The summed E-state index contributed by atoms with van der Waals surface area (Å²) in [5.74, 6) is 0.874. The molecule has 0 saturated carbocycles. The molecule has 5 heteroatoms. The van der Waals surface area contributed by atoms with Crippen LogP contribution in [0.1, 0.15) is 32.6 Å². The molecule has 0 spiro atoms. The van der Waals surface area contributed by atoms with Crippen LogP contribution in [0, 0.1) is 5.92 Å². The van der Waals surface area contributed by atoms with Gasteiger partial charge in [-0.1, -0.05) is 0 Å². The molecule has 2 heterocycles. The maximum Gasteiger partial charge on any atom is 0.224 e. The lowest BCUT2D eigenvalue weighted by atomic mass is 10.1. The van der Waals surface area contributed by atoms with Crippen LogP contribution in [0.4, 0.5) is 0 Å². The number of nitrogens with one attached hydrogen (secondary N) is 1. The minimum atomic E-state index is 0. The van der Waals surface area contributed by atoms with Crippen LogP contribution >= 0.6 is 12.4 Å². The highest BCUT2D eigenvalue weighted by molar-refractivity contribution is 5.85. The number of ether oxygens (including phenoxy) is 1. The maximum atomic E-state index is 12.1. The predicted octanol–water partition coefficient (Wildman–Crippen LogP) is 1.44. The van der Waals surface area contributed by atoms with E-state index in [1.807, 2.05) is 11.8 Å². The lowest BCUT2D eigenvalue weighted by Crippen LogP contribution is -2.34. The highest BCUT2D eigenvalue weighted by Gasteiger charge is 2.28. The smallest absolute Gasteiger partial charge is 0.224 e. The zero-order valence-electron chi connectivity index (χ0n) is 11.2. The topological polar surface area (TPSA) is 41.6 Å². The first-order chi connectivity index (χ1) is 8.29. The summed E-state index contributed by atoms with van der Waals surface area (Å²) in [6.45, 7) is 6.49. The Kier molecular flexibility index (Phi) is 6.97. The molecule has 4 nitrogen and oxygen atoms in total. The summed E-state index contributed by atoms with van der Waals surface area (Å²) in [6.07, 6.45) is 4.15. The van der Waals surface area contributed by atoms with E-state index in [0.29, 0.717) is 24.3 Å². The standard InChI is InChI=1S/C13H24N2O2.ClH/c1-2-17-10-11-5-7-15(9-11)13(16)8-12-4-3-6-14-12;/h11-12,14H,2-10H2,1H3;1H. The lowest BCUT2D eigenvalue weighted by molar-refractivity contribution is -0.130. The van der Waals surface area contributed by atoms with Gasteiger partial charge in [-0.2, -0.15) is 0 Å². The third kappa shape index (κ3) is 4.41. The number of carbonyl (C=O) groups is 1. The van der Waals surface area contributed by atoms with Crippen molar-refractivity contribution in [3.8, 4) is 0 Å². The molecule has 106 valence electrons. The Morgan fingerprint density at radius 3 is 2.94 bits per heavy atom. The molecular formula is C13H25ClN2O2. The molecule has 0 aromatic heterocycles. The molecular weight excluding hydrogens is 252 g/mol. The number of carbonyl (C=O) groups excluding carboxylic acids is 1. The van der Waals surface area contributed by atoms with E-state index in [9.17, 15) is 4.79 Å². The molecule has 0 aromatic rings. The molecule has 2 unspecified atom stereocenters. The molecule has 2 aliphatic heterocycles. The Labute approximate surface area is 116 Å². The molecule has 2 atom stereocenters. The second-order valence-electron chi connectivity index (χ2n) is 5.15. The summed E-state index contributed by atoms with van der Waals surface area (Å²) in [7, 11) is 0. The van der Waals surface area contributed by atoms with Crippen LogP contribution in [0.5, 0.6) is 0 Å². The maximum absolute atomic E-state index is 12.1. The van der Waals surface area contributed by atoms with Crippen LogP contribution in [0.2, 0.25) is 0 Å². The highest BCUT2D eigenvalue weighted by atomic mass is 35.5. The summed E-state index contributed by atoms with van der Waals surface area (Å²) in [5.41, 5.74) is 0. The Morgan fingerprint density at radius 1 is 1.44 bits per heavy atom. The van der Waals surface area contributed by atoms with Crippen molar-refractivity contribution >= 4 is 18.3 Å². The van der Waals surface area contributed by atoms with Crippen molar-refractivity contribution in [1.82, 2.24) is 10.2 Å². The number of rotatable bonds is 5. The molecule has 0 aliphatic carbocycles. The largest absolute Gasteiger partial charge is 0.381 e. The summed E-state index contributed by atoms with van der Waals surface area (Å²) >= 11 is 0. The lowest BCUT2D eigenvalue weighted by Gasteiger charge is -2.19. The van der Waals surface area contributed by atoms with Gasteiger partial charge in [-0.3, -0.25) is 4.79 Å². The van der Waals surface area contributed by atoms with Crippen molar-refractivity contribution in [2.45, 2.75) is 38.6 Å². The second-order valence-corrected chi connectivity index (χ2v) is 5.15. The van der Waals surface area contributed by atoms with Gasteiger partial charge in [0.15, 0.2) is 0 Å². The third-order valence-electron chi connectivity index (χ3n) is 3.78. The molecule has 2 aliphatic rings. The van der Waals surface area contributed by atoms with E-state index >= 15 is 0 Å². The molecule has 0 aromatic carbocycles. The van der Waals surface area contributed by atoms with Gasteiger partial charge in [-0.25, -0.2) is 0 Å². The van der Waals surface area contributed by atoms with E-state index in [-0.39, 0.29) is 12.4 Å². The number of nitrogens with zero attached hydrogens (tertiary/aromatic N) is 1. The second kappa shape index (κ2) is 7.97. The first-order valence-electron chi connectivity index (χ1n) is 6.88. The first-order valence-corrected chi connectivity index (χ1v) is 6.88. The van der Waals surface area contributed by atoms with Gasteiger partial charge in [0, 0.05) is 38.1 Å². The van der Waals surface area contributed by atoms with E-state index < -0.39 is 0 Å². The average molecular weight is 277 g/mol. The summed E-state index contributed by atoms with van der Waals surface area (Å²) < 4.78 is 5.43. The van der Waals surface area contributed by atoms with Crippen molar-refractivity contribution in [2.24, 2.45) is 5.92 Å². The quantitative estimate of drug-likeness (QED) is 0.826. The number of likely N-dealkylation sites (tertiary alicyclic amines) is 1. The molecule has 1 amide bonds. The SMILES string of the molecule is CCOCC1CCN(C(=O)CC2CCCN2)C1.Cl. The van der Waals surface area contributed by atoms with Gasteiger partial charge in [0.05, 0.1) is 6.61 Å². The summed E-state index contributed by atoms with van der Waals surface area (Å²) in [6, 6.07) is 0.424. The van der Waals surface area contributed by atoms with Crippen LogP contribution in [0.25, 0.3) is 0 Å². The minimum Gasteiger partial charge on any atom is -0.381 e. The number of hydrogen-bond acceptors (Lipinski definition) is 3. The molecule has 2 saturated heterocycles. The van der Waals surface area contributed by atoms with Crippen molar-refractivity contribution in [2.75, 3.05) is 32.8 Å². The summed E-state index contributed by atoms with van der Waals surface area (Å²) in [4.78, 5) is 14.1. The van der Waals surface area contributed by atoms with Gasteiger partial charge in [-0.15, -0.1) is 12.4 Å². The van der Waals surface area contributed by atoms with Gasteiger partial charge in [-0.05, 0) is 32.7 Å². The van der Waals surface area contributed by atoms with Gasteiger partial charge in [0.1, 0.15) is 0 Å². The summed E-state index contributed by atoms with van der Waals surface area (Å²) in [5, 5.41) is 3.38. The monoisotopic (exact) mass is 276 g/mol. The van der Waals surface area contributed by atoms with Crippen molar-refractivity contribution in [3.05, 3.63) is 0 Å². The highest BCUT2D eigenvalue weighted by Crippen LogP contribution is 2.19. The van der Waals surface area contributed by atoms with E-state index in [0.717, 1.165) is 45.7 Å². The molecule has 0 radical (unpaired) electrons. The van der Waals surface area contributed by atoms with E-state index in [2.05, 4.69) is 5.32 Å². The van der Waals surface area contributed by atoms with Crippen LogP contribution in [0.15, 0.2) is 0 Å². The van der Waals surface area contributed by atoms with Gasteiger partial charge in [0.2, 0.25) is 5.91 Å². The van der Waals surface area contributed by atoms with E-state index in [1.54, 1.807) is 0 Å². The van der Waals surface area contributed by atoms with Crippen LogP contribution in [0.3, 0.4) is 0 Å². The first kappa shape index (κ1) is 15.7. The fourth-order valence-electron chi connectivity index (χ4n) is 2.75. The molecule has 1 N–H and O–H groups in total.